The molecule has 0 radical (unpaired) electrons. The Morgan fingerprint density at radius 3 is 2.08 bits per heavy atom. The van der Waals surface area contributed by atoms with E-state index < -0.39 is 5.41 Å². The fourth-order valence-electron chi connectivity index (χ4n) is 8.78. The van der Waals surface area contributed by atoms with Crippen molar-refractivity contribution in [2.45, 2.75) is 18.3 Å². The molecule has 0 atom stereocenters. The number of aryl methyl sites for hydroxylation is 1. The summed E-state index contributed by atoms with van der Waals surface area (Å²) in [6.45, 7) is 0. The minimum Gasteiger partial charge on any atom is -0.457 e. The van der Waals surface area contributed by atoms with Crippen molar-refractivity contribution in [1.82, 2.24) is 19.9 Å². The predicted molar refractivity (Wildman–Crippen MR) is 206 cm³/mol. The van der Waals surface area contributed by atoms with Crippen LogP contribution in [-0.4, -0.2) is 19.9 Å². The molecule has 1 spiro atoms. The highest BCUT2D eigenvalue weighted by Crippen LogP contribution is 2.62. The van der Waals surface area contributed by atoms with Crippen LogP contribution in [0.2, 0.25) is 0 Å². The molecule has 11 rings (SSSR count). The van der Waals surface area contributed by atoms with Crippen LogP contribution >= 0.6 is 0 Å². The molecule has 2 aliphatic carbocycles. The van der Waals surface area contributed by atoms with Gasteiger partial charge in [-0.05, 0) is 87.5 Å². The van der Waals surface area contributed by atoms with Crippen LogP contribution < -0.4 is 4.74 Å². The van der Waals surface area contributed by atoms with Gasteiger partial charge in [0.05, 0.1) is 5.41 Å². The lowest BCUT2D eigenvalue weighted by Crippen LogP contribution is -2.32. The molecule has 5 heteroatoms. The minimum atomic E-state index is -0.653. The molecule has 0 N–H and O–H groups in total. The summed E-state index contributed by atoms with van der Waals surface area (Å²) in [6.07, 6.45) is 12.0. The summed E-state index contributed by atoms with van der Waals surface area (Å²) in [6, 6.07) is 45.4. The highest BCUT2D eigenvalue weighted by Gasteiger charge is 2.51. The van der Waals surface area contributed by atoms with Gasteiger partial charge in [0.15, 0.2) is 11.6 Å². The molecule has 0 fully saturated rings. The Bertz CT molecular complexity index is 2750. The summed E-state index contributed by atoms with van der Waals surface area (Å²) in [4.78, 5) is 19.1. The van der Waals surface area contributed by atoms with Crippen LogP contribution in [-0.2, 0) is 11.8 Å². The first-order valence-corrected chi connectivity index (χ1v) is 17.7. The highest BCUT2D eigenvalue weighted by molar-refractivity contribution is 5.97. The van der Waals surface area contributed by atoms with E-state index in [1.54, 1.807) is 6.33 Å². The van der Waals surface area contributed by atoms with Gasteiger partial charge < -0.3 is 4.74 Å². The van der Waals surface area contributed by atoms with Crippen LogP contribution in [0.25, 0.3) is 61.9 Å². The summed E-state index contributed by atoms with van der Waals surface area (Å²) in [5.74, 6) is 2.96. The topological polar surface area (TPSA) is 60.8 Å². The molecule has 0 bridgehead atoms. The molecule has 6 aromatic carbocycles. The molecular weight excluding hydrogens is 637 g/mol. The Balaban J connectivity index is 1.15. The SMILES string of the molecule is C1=Cc2c(cccc2-c2ncnc(-c3ccc4c(c3)C3(c5cc(-c6cncc7ccccc67)ccc5O4)c4ccccc4-c4ccccc43)n2)CC1. The number of ether oxygens (including phenoxy) is 1. The third-order valence-electron chi connectivity index (χ3n) is 11.1. The van der Waals surface area contributed by atoms with Crippen LogP contribution in [0.5, 0.6) is 11.5 Å². The second kappa shape index (κ2) is 11.1. The lowest BCUT2D eigenvalue weighted by atomic mass is 9.65. The van der Waals surface area contributed by atoms with Gasteiger partial charge in [-0.1, -0.05) is 109 Å². The Kier molecular flexibility index (Phi) is 6.23. The van der Waals surface area contributed by atoms with E-state index in [0.717, 1.165) is 63.1 Å². The van der Waals surface area contributed by atoms with Gasteiger partial charge in [-0.3, -0.25) is 4.98 Å². The lowest BCUT2D eigenvalue weighted by molar-refractivity contribution is 0.436. The van der Waals surface area contributed by atoms with Crippen molar-refractivity contribution in [1.29, 1.82) is 0 Å². The maximum atomic E-state index is 6.84. The van der Waals surface area contributed by atoms with E-state index in [-0.39, 0.29) is 0 Å². The molecule has 0 unspecified atom stereocenters. The lowest BCUT2D eigenvalue weighted by Gasteiger charge is -2.40. The first-order chi connectivity index (χ1) is 25.8. The van der Waals surface area contributed by atoms with E-state index in [4.69, 9.17) is 14.7 Å². The zero-order valence-electron chi connectivity index (χ0n) is 28.1. The summed E-state index contributed by atoms with van der Waals surface area (Å²) >= 11 is 0. The molecule has 3 aliphatic rings. The number of benzene rings is 6. The van der Waals surface area contributed by atoms with Crippen molar-refractivity contribution in [2.75, 3.05) is 0 Å². The Morgan fingerprint density at radius 2 is 1.25 bits per heavy atom. The summed E-state index contributed by atoms with van der Waals surface area (Å²) < 4.78 is 6.84. The van der Waals surface area contributed by atoms with Gasteiger partial charge in [-0.15, -0.1) is 0 Å². The van der Waals surface area contributed by atoms with E-state index in [0.29, 0.717) is 11.6 Å². The maximum absolute atomic E-state index is 6.84. The molecule has 244 valence electrons. The molecule has 52 heavy (non-hydrogen) atoms. The molecule has 3 heterocycles. The van der Waals surface area contributed by atoms with Gasteiger partial charge in [0.1, 0.15) is 17.8 Å². The molecule has 5 nitrogen and oxygen atoms in total. The number of hydrogen-bond acceptors (Lipinski definition) is 5. The number of fused-ring (bicyclic) bond motifs is 11. The van der Waals surface area contributed by atoms with Crippen LogP contribution in [0, 0.1) is 0 Å². The van der Waals surface area contributed by atoms with Crippen molar-refractivity contribution >= 4 is 16.8 Å². The Labute approximate surface area is 301 Å². The van der Waals surface area contributed by atoms with Crippen LogP contribution in [0.1, 0.15) is 39.8 Å². The number of nitrogens with zero attached hydrogens (tertiary/aromatic N) is 4. The normalized spacial score (nSPS) is 14.2. The molecule has 0 saturated carbocycles. The predicted octanol–water partition coefficient (Wildman–Crippen LogP) is 10.8. The first kappa shape index (κ1) is 29.1. The fraction of sp³-hybridized carbons (Fsp3) is 0.0638. The smallest absolute Gasteiger partial charge is 0.163 e. The third kappa shape index (κ3) is 4.11. The number of pyridine rings is 1. The average molecular weight is 667 g/mol. The number of aromatic nitrogens is 4. The van der Waals surface area contributed by atoms with Crippen molar-refractivity contribution in [3.63, 3.8) is 0 Å². The Hall–Kier alpha value is -6.72. The molecule has 8 aromatic rings. The van der Waals surface area contributed by atoms with Gasteiger partial charge in [-0.2, -0.15) is 0 Å². The second-order valence-corrected chi connectivity index (χ2v) is 13.7. The zero-order valence-corrected chi connectivity index (χ0v) is 28.1. The van der Waals surface area contributed by atoms with Gasteiger partial charge in [0, 0.05) is 45.6 Å². The maximum Gasteiger partial charge on any atom is 0.163 e. The van der Waals surface area contributed by atoms with Crippen LogP contribution in [0.3, 0.4) is 0 Å². The zero-order chi connectivity index (χ0) is 34.2. The van der Waals surface area contributed by atoms with E-state index >= 15 is 0 Å². The van der Waals surface area contributed by atoms with Crippen molar-refractivity contribution in [3.05, 3.63) is 186 Å². The van der Waals surface area contributed by atoms with Crippen LogP contribution in [0.15, 0.2) is 152 Å². The number of allylic oxidation sites excluding steroid dienone is 1. The molecule has 1 aliphatic heterocycles. The third-order valence-corrected chi connectivity index (χ3v) is 11.1. The number of rotatable bonds is 3. The molecule has 0 saturated heterocycles. The fourth-order valence-corrected chi connectivity index (χ4v) is 8.78. The standard InChI is InChI=1S/C47H30N4O/c1-3-13-33-29(10-1)12-9-17-37(33)46-50-28-49-45(51-46)31-21-23-44-42(25-31)47(39-18-7-5-15-35(39)36-16-6-8-19-40(36)47)41-24-30(20-22-43(41)52-44)38-27-48-26-32-11-2-4-14-34(32)38/h2-9,11-28H,1,10H2. The van der Waals surface area contributed by atoms with Gasteiger partial charge in [-0.25, -0.2) is 15.0 Å². The van der Waals surface area contributed by atoms with Crippen LogP contribution in [0.4, 0.5) is 0 Å². The number of hydrogen-bond donors (Lipinski definition) is 0. The quantitative estimate of drug-likeness (QED) is 0.188. The first-order valence-electron chi connectivity index (χ1n) is 17.7. The van der Waals surface area contributed by atoms with Gasteiger partial charge in [0.2, 0.25) is 0 Å². The van der Waals surface area contributed by atoms with Gasteiger partial charge >= 0.3 is 0 Å². The van der Waals surface area contributed by atoms with E-state index in [1.807, 2.05) is 12.4 Å². The largest absolute Gasteiger partial charge is 0.457 e. The molecule has 2 aromatic heterocycles. The Morgan fingerprint density at radius 1 is 0.558 bits per heavy atom. The molecule has 0 amide bonds. The second-order valence-electron chi connectivity index (χ2n) is 13.7. The van der Waals surface area contributed by atoms with Crippen molar-refractivity contribution in [2.24, 2.45) is 0 Å². The summed E-state index contributed by atoms with van der Waals surface area (Å²) in [5, 5.41) is 2.28. The van der Waals surface area contributed by atoms with E-state index in [9.17, 15) is 0 Å². The molecular formula is C47H30N4O. The van der Waals surface area contributed by atoms with E-state index in [2.05, 4.69) is 150 Å². The monoisotopic (exact) mass is 666 g/mol. The van der Waals surface area contributed by atoms with E-state index in [1.165, 1.54) is 38.8 Å². The summed E-state index contributed by atoms with van der Waals surface area (Å²) in [5.41, 5.74) is 13.0. The van der Waals surface area contributed by atoms with Crippen molar-refractivity contribution < 1.29 is 4.74 Å². The average Bonchev–Trinajstić information content (AvgIpc) is 3.51. The minimum absolute atomic E-state index is 0.626. The summed E-state index contributed by atoms with van der Waals surface area (Å²) in [7, 11) is 0. The van der Waals surface area contributed by atoms with Crippen molar-refractivity contribution in [3.8, 4) is 56.5 Å². The van der Waals surface area contributed by atoms with Gasteiger partial charge in [0.25, 0.3) is 0 Å². The highest BCUT2D eigenvalue weighted by atomic mass is 16.5.